The normalized spacial score (nSPS) is 10.3. The van der Waals surface area contributed by atoms with Crippen molar-refractivity contribution in [2.24, 2.45) is 0 Å². The lowest BCUT2D eigenvalue weighted by Gasteiger charge is -2.07. The Labute approximate surface area is 122 Å². The van der Waals surface area contributed by atoms with E-state index in [1.165, 1.54) is 6.20 Å². The molecule has 0 aliphatic heterocycles. The maximum Gasteiger partial charge on any atom is 0.253 e. The van der Waals surface area contributed by atoms with Crippen molar-refractivity contribution in [2.75, 3.05) is 7.11 Å². The molecule has 0 aliphatic rings. The summed E-state index contributed by atoms with van der Waals surface area (Å²) < 4.78 is 5.08. The van der Waals surface area contributed by atoms with E-state index in [0.717, 1.165) is 11.1 Å². The summed E-state index contributed by atoms with van der Waals surface area (Å²) in [7, 11) is 1.65. The monoisotopic (exact) mass is 290 g/mol. The van der Waals surface area contributed by atoms with E-state index < -0.39 is 0 Å². The Kier molecular flexibility index (Phi) is 5.09. The van der Waals surface area contributed by atoms with Gasteiger partial charge in [0, 0.05) is 19.9 Å². The molecule has 104 valence electrons. The molecule has 0 fully saturated rings. The van der Waals surface area contributed by atoms with Crippen molar-refractivity contribution in [1.29, 1.82) is 0 Å². The average molecular weight is 291 g/mol. The van der Waals surface area contributed by atoms with Crippen LogP contribution in [-0.4, -0.2) is 18.0 Å². The number of benzene rings is 1. The van der Waals surface area contributed by atoms with Crippen molar-refractivity contribution in [3.63, 3.8) is 0 Å². The molecule has 5 heteroatoms. The number of ether oxygens (including phenoxy) is 1. The number of aromatic nitrogens is 1. The van der Waals surface area contributed by atoms with Crippen LogP contribution in [0.4, 0.5) is 0 Å². The molecule has 0 radical (unpaired) electrons. The Morgan fingerprint density at radius 2 is 2.10 bits per heavy atom. The van der Waals surface area contributed by atoms with Crippen molar-refractivity contribution in [3.05, 3.63) is 64.4 Å². The van der Waals surface area contributed by atoms with Gasteiger partial charge in [-0.05, 0) is 23.3 Å². The standard InChI is InChI=1S/C15H15ClN2O2/c1-20-10-12-4-2-3-11(7-12)8-18-15(19)13-5-6-14(16)17-9-13/h2-7,9H,8,10H2,1H3,(H,18,19). The number of carbonyl (C=O) groups excluding carboxylic acids is 1. The van der Waals surface area contributed by atoms with Gasteiger partial charge in [0.1, 0.15) is 5.15 Å². The number of amides is 1. The van der Waals surface area contributed by atoms with Crippen LogP contribution < -0.4 is 5.32 Å². The van der Waals surface area contributed by atoms with Crippen LogP contribution in [0.5, 0.6) is 0 Å². The molecule has 1 heterocycles. The minimum absolute atomic E-state index is 0.175. The van der Waals surface area contributed by atoms with E-state index in [1.54, 1.807) is 19.2 Å². The maximum absolute atomic E-state index is 11.9. The SMILES string of the molecule is COCc1cccc(CNC(=O)c2ccc(Cl)nc2)c1. The first-order valence-corrected chi connectivity index (χ1v) is 6.53. The third kappa shape index (κ3) is 4.05. The predicted octanol–water partition coefficient (Wildman–Crippen LogP) is 2.81. The Balaban J connectivity index is 1.96. The second-order valence-electron chi connectivity index (χ2n) is 4.31. The summed E-state index contributed by atoms with van der Waals surface area (Å²) in [6.07, 6.45) is 1.46. The molecule has 4 nitrogen and oxygen atoms in total. The number of methoxy groups -OCH3 is 1. The molecule has 20 heavy (non-hydrogen) atoms. The number of carbonyl (C=O) groups is 1. The van der Waals surface area contributed by atoms with Crippen LogP contribution in [-0.2, 0) is 17.9 Å². The van der Waals surface area contributed by atoms with Crippen LogP contribution in [0.2, 0.25) is 5.15 Å². The van der Waals surface area contributed by atoms with Gasteiger partial charge in [0.25, 0.3) is 5.91 Å². The maximum atomic E-state index is 11.9. The minimum atomic E-state index is -0.175. The van der Waals surface area contributed by atoms with Crippen LogP contribution >= 0.6 is 11.6 Å². The van der Waals surface area contributed by atoms with E-state index in [2.05, 4.69) is 10.3 Å². The Morgan fingerprint density at radius 1 is 1.30 bits per heavy atom. The lowest BCUT2D eigenvalue weighted by molar-refractivity contribution is 0.0950. The molecular weight excluding hydrogens is 276 g/mol. The summed E-state index contributed by atoms with van der Waals surface area (Å²) in [4.78, 5) is 15.8. The van der Waals surface area contributed by atoms with Crippen LogP contribution in [0, 0.1) is 0 Å². The van der Waals surface area contributed by atoms with Crippen LogP contribution in [0.15, 0.2) is 42.6 Å². The molecule has 1 aromatic heterocycles. The van der Waals surface area contributed by atoms with Crippen molar-refractivity contribution in [3.8, 4) is 0 Å². The van der Waals surface area contributed by atoms with Crippen molar-refractivity contribution in [1.82, 2.24) is 10.3 Å². The van der Waals surface area contributed by atoms with E-state index in [0.29, 0.717) is 23.9 Å². The second kappa shape index (κ2) is 7.03. The van der Waals surface area contributed by atoms with E-state index in [-0.39, 0.29) is 5.91 Å². The van der Waals surface area contributed by atoms with Crippen molar-refractivity contribution < 1.29 is 9.53 Å². The molecule has 0 spiro atoms. The first kappa shape index (κ1) is 14.5. The van der Waals surface area contributed by atoms with Gasteiger partial charge in [-0.25, -0.2) is 4.98 Å². The number of hydrogen-bond acceptors (Lipinski definition) is 3. The van der Waals surface area contributed by atoms with Gasteiger partial charge in [-0.15, -0.1) is 0 Å². The molecule has 1 aromatic carbocycles. The molecule has 0 atom stereocenters. The fraction of sp³-hybridized carbons (Fsp3) is 0.200. The highest BCUT2D eigenvalue weighted by molar-refractivity contribution is 6.29. The first-order valence-electron chi connectivity index (χ1n) is 6.15. The summed E-state index contributed by atoms with van der Waals surface area (Å²) in [5.74, 6) is -0.175. The van der Waals surface area contributed by atoms with Crippen molar-refractivity contribution >= 4 is 17.5 Å². The van der Waals surface area contributed by atoms with E-state index in [4.69, 9.17) is 16.3 Å². The highest BCUT2D eigenvalue weighted by Crippen LogP contribution is 2.08. The smallest absolute Gasteiger partial charge is 0.253 e. The number of rotatable bonds is 5. The molecule has 2 aromatic rings. The zero-order valence-electron chi connectivity index (χ0n) is 11.1. The average Bonchev–Trinajstić information content (AvgIpc) is 2.46. The lowest BCUT2D eigenvalue weighted by Crippen LogP contribution is -2.22. The van der Waals surface area contributed by atoms with Gasteiger partial charge >= 0.3 is 0 Å². The molecule has 0 aliphatic carbocycles. The van der Waals surface area contributed by atoms with Gasteiger partial charge in [0.2, 0.25) is 0 Å². The Bertz CT molecular complexity index is 585. The second-order valence-corrected chi connectivity index (χ2v) is 4.69. The van der Waals surface area contributed by atoms with E-state index >= 15 is 0 Å². The number of halogens is 1. The molecule has 1 amide bonds. The molecular formula is C15H15ClN2O2. The van der Waals surface area contributed by atoms with Gasteiger partial charge in [-0.2, -0.15) is 0 Å². The van der Waals surface area contributed by atoms with E-state index in [1.807, 2.05) is 24.3 Å². The number of pyridine rings is 1. The fourth-order valence-electron chi connectivity index (χ4n) is 1.79. The lowest BCUT2D eigenvalue weighted by atomic mass is 10.1. The summed E-state index contributed by atoms with van der Waals surface area (Å²) in [6.45, 7) is 1.02. The molecule has 0 bridgehead atoms. The molecule has 0 saturated heterocycles. The quantitative estimate of drug-likeness (QED) is 0.862. The Hall–Kier alpha value is -1.91. The Morgan fingerprint density at radius 3 is 2.80 bits per heavy atom. The van der Waals surface area contributed by atoms with Crippen LogP contribution in [0.3, 0.4) is 0 Å². The zero-order valence-corrected chi connectivity index (χ0v) is 11.9. The van der Waals surface area contributed by atoms with Gasteiger partial charge < -0.3 is 10.1 Å². The minimum Gasteiger partial charge on any atom is -0.380 e. The summed E-state index contributed by atoms with van der Waals surface area (Å²) in [5.41, 5.74) is 2.59. The van der Waals surface area contributed by atoms with Gasteiger partial charge in [0.15, 0.2) is 0 Å². The third-order valence-corrected chi connectivity index (χ3v) is 2.97. The van der Waals surface area contributed by atoms with Crippen LogP contribution in [0.25, 0.3) is 0 Å². The summed E-state index contributed by atoms with van der Waals surface area (Å²) in [5, 5.41) is 3.21. The van der Waals surface area contributed by atoms with Crippen molar-refractivity contribution in [2.45, 2.75) is 13.2 Å². The number of nitrogens with zero attached hydrogens (tertiary/aromatic N) is 1. The number of hydrogen-bond donors (Lipinski definition) is 1. The summed E-state index contributed by atoms with van der Waals surface area (Å²) in [6, 6.07) is 11.1. The molecule has 2 rings (SSSR count). The first-order chi connectivity index (χ1) is 9.69. The highest BCUT2D eigenvalue weighted by atomic mass is 35.5. The highest BCUT2D eigenvalue weighted by Gasteiger charge is 2.05. The third-order valence-electron chi connectivity index (χ3n) is 2.75. The van der Waals surface area contributed by atoms with E-state index in [9.17, 15) is 4.79 Å². The fourth-order valence-corrected chi connectivity index (χ4v) is 1.90. The summed E-state index contributed by atoms with van der Waals surface area (Å²) >= 11 is 5.68. The topological polar surface area (TPSA) is 51.2 Å². The van der Waals surface area contributed by atoms with Crippen LogP contribution in [0.1, 0.15) is 21.5 Å². The van der Waals surface area contributed by atoms with Gasteiger partial charge in [-0.3, -0.25) is 4.79 Å². The van der Waals surface area contributed by atoms with Gasteiger partial charge in [0.05, 0.1) is 12.2 Å². The number of nitrogens with one attached hydrogen (secondary N) is 1. The molecule has 1 N–H and O–H groups in total. The zero-order chi connectivity index (χ0) is 14.4. The predicted molar refractivity (Wildman–Crippen MR) is 77.6 cm³/mol. The molecule has 0 saturated carbocycles. The molecule has 0 unspecified atom stereocenters. The van der Waals surface area contributed by atoms with Gasteiger partial charge in [-0.1, -0.05) is 35.9 Å². The largest absolute Gasteiger partial charge is 0.380 e.